The zero-order valence-electron chi connectivity index (χ0n) is 12.5. The van der Waals surface area contributed by atoms with Crippen LogP contribution in [-0.4, -0.2) is 21.5 Å². The van der Waals surface area contributed by atoms with E-state index in [9.17, 15) is 0 Å². The maximum Gasteiger partial charge on any atom is 0.132 e. The molecular formula is C17H18N4. The third-order valence-corrected chi connectivity index (χ3v) is 3.53. The number of aromatic nitrogens is 3. The Kier molecular flexibility index (Phi) is 3.52. The van der Waals surface area contributed by atoms with Gasteiger partial charge in [-0.1, -0.05) is 12.1 Å². The van der Waals surface area contributed by atoms with Crippen molar-refractivity contribution < 1.29 is 0 Å². The first-order valence-electron chi connectivity index (χ1n) is 7.12. The van der Waals surface area contributed by atoms with Gasteiger partial charge < -0.3 is 5.32 Å². The van der Waals surface area contributed by atoms with E-state index in [1.54, 1.807) is 6.33 Å². The topological polar surface area (TPSA) is 50.7 Å². The molecule has 106 valence electrons. The number of benzene rings is 1. The van der Waals surface area contributed by atoms with E-state index < -0.39 is 0 Å². The zero-order chi connectivity index (χ0) is 14.8. The Bertz CT molecular complexity index is 796. The Labute approximate surface area is 124 Å². The van der Waals surface area contributed by atoms with Gasteiger partial charge >= 0.3 is 0 Å². The van der Waals surface area contributed by atoms with Gasteiger partial charge in [0, 0.05) is 28.8 Å². The number of aryl methyl sites for hydroxylation is 1. The van der Waals surface area contributed by atoms with Crippen molar-refractivity contribution in [3.63, 3.8) is 0 Å². The quantitative estimate of drug-likeness (QED) is 0.793. The van der Waals surface area contributed by atoms with E-state index in [2.05, 4.69) is 45.4 Å². The normalized spacial score (nSPS) is 10.8. The van der Waals surface area contributed by atoms with E-state index in [-0.39, 0.29) is 0 Å². The monoisotopic (exact) mass is 278 g/mol. The van der Waals surface area contributed by atoms with Crippen LogP contribution in [0.4, 0.5) is 5.82 Å². The van der Waals surface area contributed by atoms with Crippen LogP contribution >= 0.6 is 0 Å². The third kappa shape index (κ3) is 2.57. The van der Waals surface area contributed by atoms with Crippen molar-refractivity contribution in [1.29, 1.82) is 0 Å². The van der Waals surface area contributed by atoms with E-state index in [4.69, 9.17) is 0 Å². The molecule has 0 saturated carbocycles. The summed E-state index contributed by atoms with van der Waals surface area (Å²) in [6.07, 6.45) is 1.61. The van der Waals surface area contributed by atoms with Crippen LogP contribution in [0.1, 0.15) is 18.2 Å². The van der Waals surface area contributed by atoms with Gasteiger partial charge in [0.1, 0.15) is 12.1 Å². The third-order valence-electron chi connectivity index (χ3n) is 3.53. The van der Waals surface area contributed by atoms with Crippen molar-refractivity contribution in [2.45, 2.75) is 20.8 Å². The molecule has 0 fully saturated rings. The summed E-state index contributed by atoms with van der Waals surface area (Å²) in [4.78, 5) is 13.3. The first-order chi connectivity index (χ1) is 10.2. The molecule has 0 atom stereocenters. The average Bonchev–Trinajstić information content (AvgIpc) is 2.49. The fourth-order valence-electron chi connectivity index (χ4n) is 2.46. The van der Waals surface area contributed by atoms with Gasteiger partial charge in [0.25, 0.3) is 0 Å². The van der Waals surface area contributed by atoms with Crippen LogP contribution in [0, 0.1) is 13.8 Å². The van der Waals surface area contributed by atoms with Gasteiger partial charge in [0.05, 0.1) is 11.2 Å². The van der Waals surface area contributed by atoms with E-state index >= 15 is 0 Å². The fourth-order valence-corrected chi connectivity index (χ4v) is 2.46. The molecule has 1 N–H and O–H groups in total. The number of fused-ring (bicyclic) bond motifs is 1. The van der Waals surface area contributed by atoms with Crippen LogP contribution in [0.5, 0.6) is 0 Å². The standard InChI is InChI=1S/C17H18N4/c1-4-18-17-12(3)16(19-10-20-17)14-7-8-15-13(9-14)6-5-11(2)21-15/h5-10H,4H2,1-3H3,(H,18,19,20). The molecule has 0 aliphatic heterocycles. The number of rotatable bonds is 3. The lowest BCUT2D eigenvalue weighted by atomic mass is 10.0. The van der Waals surface area contributed by atoms with Gasteiger partial charge in [-0.05, 0) is 39.0 Å². The van der Waals surface area contributed by atoms with Crippen molar-refractivity contribution in [2.75, 3.05) is 11.9 Å². The summed E-state index contributed by atoms with van der Waals surface area (Å²) in [5.41, 5.74) is 5.16. The minimum absolute atomic E-state index is 0.845. The summed E-state index contributed by atoms with van der Waals surface area (Å²) < 4.78 is 0. The number of anilines is 1. The largest absolute Gasteiger partial charge is 0.370 e. The van der Waals surface area contributed by atoms with E-state index in [0.29, 0.717) is 0 Å². The van der Waals surface area contributed by atoms with Crippen molar-refractivity contribution in [3.05, 3.63) is 47.9 Å². The lowest BCUT2D eigenvalue weighted by molar-refractivity contribution is 1.09. The van der Waals surface area contributed by atoms with Crippen LogP contribution in [0.2, 0.25) is 0 Å². The smallest absolute Gasteiger partial charge is 0.132 e. The molecule has 0 aliphatic rings. The summed E-state index contributed by atoms with van der Waals surface area (Å²) in [6.45, 7) is 6.96. The summed E-state index contributed by atoms with van der Waals surface area (Å²) in [5, 5.41) is 4.39. The van der Waals surface area contributed by atoms with E-state index in [1.165, 1.54) is 0 Å². The minimum Gasteiger partial charge on any atom is -0.370 e. The number of hydrogen-bond acceptors (Lipinski definition) is 4. The lowest BCUT2D eigenvalue weighted by Gasteiger charge is -2.11. The predicted octanol–water partition coefficient (Wildman–Crippen LogP) is 3.74. The van der Waals surface area contributed by atoms with Gasteiger partial charge in [-0.2, -0.15) is 0 Å². The molecule has 0 saturated heterocycles. The predicted molar refractivity (Wildman–Crippen MR) is 86.4 cm³/mol. The van der Waals surface area contributed by atoms with Gasteiger partial charge in [-0.25, -0.2) is 9.97 Å². The first-order valence-corrected chi connectivity index (χ1v) is 7.12. The molecule has 0 unspecified atom stereocenters. The van der Waals surface area contributed by atoms with Crippen LogP contribution < -0.4 is 5.32 Å². The van der Waals surface area contributed by atoms with Crippen LogP contribution in [-0.2, 0) is 0 Å². The average molecular weight is 278 g/mol. The Balaban J connectivity index is 2.12. The highest BCUT2D eigenvalue weighted by atomic mass is 15.0. The Morgan fingerprint density at radius 3 is 2.71 bits per heavy atom. The molecule has 0 aliphatic carbocycles. The summed E-state index contributed by atoms with van der Waals surface area (Å²) in [7, 11) is 0. The van der Waals surface area contributed by atoms with Crippen molar-refractivity contribution in [1.82, 2.24) is 15.0 Å². The first kappa shape index (κ1) is 13.5. The molecular weight excluding hydrogens is 260 g/mol. The summed E-state index contributed by atoms with van der Waals surface area (Å²) >= 11 is 0. The molecule has 4 nitrogen and oxygen atoms in total. The molecule has 1 aromatic carbocycles. The van der Waals surface area contributed by atoms with Crippen molar-refractivity contribution in [2.24, 2.45) is 0 Å². The van der Waals surface area contributed by atoms with Gasteiger partial charge in [-0.3, -0.25) is 4.98 Å². The van der Waals surface area contributed by atoms with Crippen molar-refractivity contribution >= 4 is 16.7 Å². The highest BCUT2D eigenvalue weighted by Gasteiger charge is 2.09. The van der Waals surface area contributed by atoms with E-state index in [0.717, 1.165) is 45.8 Å². The second-order valence-electron chi connectivity index (χ2n) is 5.09. The zero-order valence-corrected chi connectivity index (χ0v) is 12.5. The van der Waals surface area contributed by atoms with E-state index in [1.807, 2.05) is 26.0 Å². The lowest BCUT2D eigenvalue weighted by Crippen LogP contribution is -2.03. The maximum atomic E-state index is 4.53. The molecule has 3 rings (SSSR count). The number of nitrogens with zero attached hydrogens (tertiary/aromatic N) is 3. The molecule has 21 heavy (non-hydrogen) atoms. The molecule has 2 aromatic heterocycles. The minimum atomic E-state index is 0.845. The Morgan fingerprint density at radius 1 is 1.05 bits per heavy atom. The molecule has 3 aromatic rings. The van der Waals surface area contributed by atoms with Gasteiger partial charge in [-0.15, -0.1) is 0 Å². The van der Waals surface area contributed by atoms with Crippen LogP contribution in [0.3, 0.4) is 0 Å². The maximum absolute atomic E-state index is 4.53. The molecule has 0 bridgehead atoms. The summed E-state index contributed by atoms with van der Waals surface area (Å²) in [6, 6.07) is 10.4. The summed E-state index contributed by atoms with van der Waals surface area (Å²) in [5.74, 6) is 0.893. The fraction of sp³-hybridized carbons (Fsp3) is 0.235. The Hall–Kier alpha value is -2.49. The second-order valence-corrected chi connectivity index (χ2v) is 5.09. The molecule has 4 heteroatoms. The van der Waals surface area contributed by atoms with Crippen LogP contribution in [0.15, 0.2) is 36.7 Å². The molecule has 2 heterocycles. The molecule has 0 spiro atoms. The van der Waals surface area contributed by atoms with Gasteiger partial charge in [0.2, 0.25) is 0 Å². The number of nitrogens with one attached hydrogen (secondary N) is 1. The number of hydrogen-bond donors (Lipinski definition) is 1. The Morgan fingerprint density at radius 2 is 1.90 bits per heavy atom. The molecule has 0 radical (unpaired) electrons. The molecule has 0 amide bonds. The highest BCUT2D eigenvalue weighted by Crippen LogP contribution is 2.27. The van der Waals surface area contributed by atoms with Crippen molar-refractivity contribution in [3.8, 4) is 11.3 Å². The second kappa shape index (κ2) is 5.48. The number of pyridine rings is 1. The SMILES string of the molecule is CCNc1ncnc(-c2ccc3nc(C)ccc3c2)c1C. The van der Waals surface area contributed by atoms with Gasteiger partial charge in [0.15, 0.2) is 0 Å². The highest BCUT2D eigenvalue weighted by molar-refractivity contribution is 5.84. The van der Waals surface area contributed by atoms with Crippen LogP contribution in [0.25, 0.3) is 22.2 Å².